The summed E-state index contributed by atoms with van der Waals surface area (Å²) in [6, 6.07) is 0. The maximum atomic E-state index is 5.30. The number of rotatable bonds is 7. The Kier molecular flexibility index (Phi) is 8.17. The third-order valence-corrected chi connectivity index (χ3v) is 1.50. The highest BCUT2D eigenvalue weighted by atomic mass is 16.5. The molecule has 0 amide bonds. The van der Waals surface area contributed by atoms with E-state index >= 15 is 0 Å². The fourth-order valence-corrected chi connectivity index (χ4v) is 0.861. The number of ether oxygens (including phenoxy) is 1. The van der Waals surface area contributed by atoms with Gasteiger partial charge < -0.3 is 10.2 Å². The maximum Gasteiger partial charge on any atom is 0.0664 e. The van der Waals surface area contributed by atoms with Gasteiger partial charge >= 0.3 is 0 Å². The third-order valence-electron chi connectivity index (χ3n) is 1.50. The Balaban J connectivity index is 2.96. The van der Waals surface area contributed by atoms with E-state index < -0.39 is 0 Å². The number of nitrogens with two attached hydrogens (primary N) is 1. The summed E-state index contributed by atoms with van der Waals surface area (Å²) < 4.78 is 5.30. The normalized spacial score (nSPS) is 11.3. The fraction of sp³-hybridized carbons (Fsp3) is 0.778. The van der Waals surface area contributed by atoms with E-state index in [1.807, 2.05) is 6.08 Å². The lowest BCUT2D eigenvalue weighted by molar-refractivity contribution is 0.154. The molecule has 0 fully saturated rings. The fourth-order valence-electron chi connectivity index (χ4n) is 0.861. The molecule has 0 spiro atoms. The van der Waals surface area contributed by atoms with Gasteiger partial charge in [0, 0.05) is 12.8 Å². The molecule has 0 aromatic carbocycles. The molecule has 0 aromatic rings. The number of hydrazine groups is 1. The Labute approximate surface area is 74.9 Å². The Morgan fingerprint density at radius 1 is 1.50 bits per heavy atom. The summed E-state index contributed by atoms with van der Waals surface area (Å²) in [6.07, 6.45) is 5.90. The van der Waals surface area contributed by atoms with Crippen molar-refractivity contribution in [2.45, 2.75) is 26.7 Å². The minimum Gasteiger partial charge on any atom is -0.377 e. The molecule has 0 heterocycles. The van der Waals surface area contributed by atoms with Crippen LogP contribution in [0.25, 0.3) is 0 Å². The highest BCUT2D eigenvalue weighted by molar-refractivity contribution is 4.76. The molecule has 72 valence electrons. The van der Waals surface area contributed by atoms with E-state index in [9.17, 15) is 0 Å². The average Bonchev–Trinajstić information content (AvgIpc) is 2.02. The van der Waals surface area contributed by atoms with E-state index in [0.717, 1.165) is 18.9 Å². The van der Waals surface area contributed by atoms with Gasteiger partial charge in [-0.05, 0) is 24.8 Å². The SMILES string of the molecule is CC(C)CCCOC/C=C/NN. The van der Waals surface area contributed by atoms with Gasteiger partial charge in [0.2, 0.25) is 0 Å². The molecule has 0 saturated carbocycles. The largest absolute Gasteiger partial charge is 0.377 e. The van der Waals surface area contributed by atoms with Crippen LogP contribution in [0.3, 0.4) is 0 Å². The van der Waals surface area contributed by atoms with Crippen molar-refractivity contribution in [2.75, 3.05) is 13.2 Å². The van der Waals surface area contributed by atoms with E-state index in [2.05, 4.69) is 19.3 Å². The van der Waals surface area contributed by atoms with E-state index in [0.29, 0.717) is 6.61 Å². The number of hydrogen-bond donors (Lipinski definition) is 2. The van der Waals surface area contributed by atoms with Crippen molar-refractivity contribution in [1.82, 2.24) is 5.43 Å². The zero-order valence-corrected chi connectivity index (χ0v) is 8.05. The molecule has 0 aliphatic heterocycles. The van der Waals surface area contributed by atoms with Gasteiger partial charge in [-0.3, -0.25) is 5.84 Å². The second-order valence-electron chi connectivity index (χ2n) is 3.18. The Hall–Kier alpha value is -0.540. The molecule has 0 unspecified atom stereocenters. The number of nitrogens with one attached hydrogen (secondary N) is 1. The molecular formula is C9H20N2O. The summed E-state index contributed by atoms with van der Waals surface area (Å²) in [5.41, 5.74) is 2.42. The molecule has 0 aliphatic rings. The van der Waals surface area contributed by atoms with Crippen LogP contribution in [0.4, 0.5) is 0 Å². The Morgan fingerprint density at radius 3 is 2.83 bits per heavy atom. The lowest BCUT2D eigenvalue weighted by Crippen LogP contribution is -2.13. The molecule has 0 radical (unpaired) electrons. The third kappa shape index (κ3) is 9.46. The van der Waals surface area contributed by atoms with E-state index in [4.69, 9.17) is 10.6 Å². The van der Waals surface area contributed by atoms with Crippen molar-refractivity contribution in [3.05, 3.63) is 12.3 Å². The van der Waals surface area contributed by atoms with Gasteiger partial charge in [-0.1, -0.05) is 13.8 Å². The predicted octanol–water partition coefficient (Wildman–Crippen LogP) is 1.42. The van der Waals surface area contributed by atoms with Crippen LogP contribution in [0.2, 0.25) is 0 Å². The number of hydrogen-bond acceptors (Lipinski definition) is 3. The second-order valence-corrected chi connectivity index (χ2v) is 3.18. The minimum atomic E-state index is 0.641. The van der Waals surface area contributed by atoms with Crippen LogP contribution in [0, 0.1) is 5.92 Å². The zero-order valence-electron chi connectivity index (χ0n) is 8.05. The highest BCUT2D eigenvalue weighted by Gasteiger charge is 1.92. The van der Waals surface area contributed by atoms with Crippen LogP contribution in [0.1, 0.15) is 26.7 Å². The summed E-state index contributed by atoms with van der Waals surface area (Å²) in [7, 11) is 0. The Morgan fingerprint density at radius 2 is 2.25 bits per heavy atom. The maximum absolute atomic E-state index is 5.30. The lowest BCUT2D eigenvalue weighted by Gasteiger charge is -2.03. The highest BCUT2D eigenvalue weighted by Crippen LogP contribution is 2.02. The molecule has 12 heavy (non-hydrogen) atoms. The molecule has 0 aliphatic carbocycles. The predicted molar refractivity (Wildman–Crippen MR) is 51.4 cm³/mol. The average molecular weight is 172 g/mol. The first-order chi connectivity index (χ1) is 5.77. The smallest absolute Gasteiger partial charge is 0.0664 e. The first kappa shape index (κ1) is 11.5. The van der Waals surface area contributed by atoms with Crippen molar-refractivity contribution in [3.63, 3.8) is 0 Å². The van der Waals surface area contributed by atoms with Gasteiger partial charge in [0.05, 0.1) is 6.61 Å². The van der Waals surface area contributed by atoms with Gasteiger partial charge in [0.25, 0.3) is 0 Å². The quantitative estimate of drug-likeness (QED) is 0.347. The first-order valence-electron chi connectivity index (χ1n) is 4.46. The van der Waals surface area contributed by atoms with Crippen LogP contribution >= 0.6 is 0 Å². The van der Waals surface area contributed by atoms with E-state index in [-0.39, 0.29) is 0 Å². The summed E-state index contributed by atoms with van der Waals surface area (Å²) in [6.45, 7) is 5.92. The zero-order chi connectivity index (χ0) is 9.23. The van der Waals surface area contributed by atoms with Crippen LogP contribution in [-0.2, 0) is 4.74 Å². The van der Waals surface area contributed by atoms with Crippen LogP contribution in [0.15, 0.2) is 12.3 Å². The van der Waals surface area contributed by atoms with E-state index in [1.54, 1.807) is 6.20 Å². The van der Waals surface area contributed by atoms with Gasteiger partial charge in [-0.2, -0.15) is 0 Å². The summed E-state index contributed by atoms with van der Waals surface area (Å²) >= 11 is 0. The molecule has 0 rings (SSSR count). The van der Waals surface area contributed by atoms with Gasteiger partial charge in [-0.25, -0.2) is 0 Å². The molecule has 3 nitrogen and oxygen atoms in total. The molecular weight excluding hydrogens is 152 g/mol. The second kappa shape index (κ2) is 8.56. The van der Waals surface area contributed by atoms with Crippen LogP contribution < -0.4 is 11.3 Å². The van der Waals surface area contributed by atoms with Crippen molar-refractivity contribution >= 4 is 0 Å². The van der Waals surface area contributed by atoms with Crippen LogP contribution in [0.5, 0.6) is 0 Å². The molecule has 0 saturated heterocycles. The van der Waals surface area contributed by atoms with Crippen molar-refractivity contribution in [2.24, 2.45) is 11.8 Å². The Bertz CT molecular complexity index is 113. The van der Waals surface area contributed by atoms with Crippen molar-refractivity contribution in [1.29, 1.82) is 0 Å². The monoisotopic (exact) mass is 172 g/mol. The van der Waals surface area contributed by atoms with Crippen molar-refractivity contribution < 1.29 is 4.74 Å². The molecule has 0 aromatic heterocycles. The summed E-state index contributed by atoms with van der Waals surface area (Å²) in [5, 5.41) is 0. The van der Waals surface area contributed by atoms with Crippen LogP contribution in [-0.4, -0.2) is 13.2 Å². The standard InChI is InChI=1S/C9H20N2O/c1-9(2)5-3-7-12-8-4-6-11-10/h4,6,9,11H,3,5,7-8,10H2,1-2H3/b6-4+. The molecule has 3 heteroatoms. The minimum absolute atomic E-state index is 0.641. The molecule has 3 N–H and O–H groups in total. The lowest BCUT2D eigenvalue weighted by atomic mass is 10.1. The summed E-state index contributed by atoms with van der Waals surface area (Å²) in [5.74, 6) is 5.79. The summed E-state index contributed by atoms with van der Waals surface area (Å²) in [4.78, 5) is 0. The van der Waals surface area contributed by atoms with Gasteiger partial charge in [0.15, 0.2) is 0 Å². The molecule has 0 bridgehead atoms. The van der Waals surface area contributed by atoms with Gasteiger partial charge in [-0.15, -0.1) is 0 Å². The van der Waals surface area contributed by atoms with E-state index in [1.165, 1.54) is 6.42 Å². The topological polar surface area (TPSA) is 47.3 Å². The van der Waals surface area contributed by atoms with Gasteiger partial charge in [0.1, 0.15) is 0 Å². The first-order valence-corrected chi connectivity index (χ1v) is 4.46. The molecule has 0 atom stereocenters. The van der Waals surface area contributed by atoms with Crippen molar-refractivity contribution in [3.8, 4) is 0 Å².